The first kappa shape index (κ1) is 6.06. The van der Waals surface area contributed by atoms with Gasteiger partial charge in [-0.1, -0.05) is 0 Å². The molecule has 0 atom stereocenters. The van der Waals surface area contributed by atoms with E-state index in [9.17, 15) is 5.21 Å². The normalized spacial score (nSPS) is 10.6. The smallest absolute Gasteiger partial charge is 0.311 e. The quantitative estimate of drug-likeness (QED) is 0.278. The van der Waals surface area contributed by atoms with Crippen molar-refractivity contribution in [1.29, 1.82) is 0 Å². The molecule has 0 bridgehead atoms. The molecule has 5 heteroatoms. The Morgan fingerprint density at radius 1 is 1.56 bits per heavy atom. The second-order valence-corrected chi connectivity index (χ2v) is 1.57. The molecule has 0 spiro atoms. The molecular formula is C4H6N2O3. The summed E-state index contributed by atoms with van der Waals surface area (Å²) in [6.07, 6.45) is 1.82. The summed E-state index contributed by atoms with van der Waals surface area (Å²) in [5, 5.41) is 27.1. The number of rotatable bonds is 1. The van der Waals surface area contributed by atoms with Crippen molar-refractivity contribution in [1.82, 2.24) is 4.57 Å². The first-order chi connectivity index (χ1) is 4.20. The van der Waals surface area contributed by atoms with Crippen molar-refractivity contribution in [3.8, 4) is 0 Å². The van der Waals surface area contributed by atoms with Gasteiger partial charge in [0, 0.05) is 0 Å². The van der Waals surface area contributed by atoms with E-state index < -0.39 is 6.41 Å². The third kappa shape index (κ3) is 1.18. The third-order valence-corrected chi connectivity index (χ3v) is 0.900. The summed E-state index contributed by atoms with van der Waals surface area (Å²) in [5.41, 5.74) is 0. The van der Waals surface area contributed by atoms with Crippen LogP contribution in [0.3, 0.4) is 0 Å². The molecule has 0 aromatic carbocycles. The number of nitrogens with zero attached hydrogens (tertiary/aromatic N) is 2. The van der Waals surface area contributed by atoms with Crippen molar-refractivity contribution < 1.29 is 14.9 Å². The molecule has 0 aliphatic carbocycles. The molecule has 1 aromatic heterocycles. The molecule has 9 heavy (non-hydrogen) atoms. The second-order valence-electron chi connectivity index (χ2n) is 1.57. The summed E-state index contributed by atoms with van der Waals surface area (Å²) >= 11 is 0. The Morgan fingerprint density at radius 3 is 2.44 bits per heavy atom. The van der Waals surface area contributed by atoms with E-state index in [-0.39, 0.29) is 0 Å². The minimum Gasteiger partial charge on any atom is -0.711 e. The largest absolute Gasteiger partial charge is 0.711 e. The van der Waals surface area contributed by atoms with Gasteiger partial charge in [0.15, 0.2) is 0 Å². The fourth-order valence-corrected chi connectivity index (χ4v) is 0.488. The Hall–Kier alpha value is -1.07. The van der Waals surface area contributed by atoms with Gasteiger partial charge in [-0.05, 0) is 0 Å². The molecule has 1 rings (SSSR count). The molecular weight excluding hydrogens is 124 g/mol. The molecule has 0 unspecified atom stereocenters. The highest BCUT2D eigenvalue weighted by atomic mass is 16.5. The lowest BCUT2D eigenvalue weighted by Crippen LogP contribution is -2.22. The predicted octanol–water partition coefficient (Wildman–Crippen LogP) is -1.44. The Balaban J connectivity index is 2.85. The summed E-state index contributed by atoms with van der Waals surface area (Å²) < 4.78 is 1.44. The Morgan fingerprint density at radius 2 is 2.22 bits per heavy atom. The van der Waals surface area contributed by atoms with Crippen LogP contribution in [0.4, 0.5) is 0 Å². The molecule has 1 aromatic rings. The van der Waals surface area contributed by atoms with Gasteiger partial charge >= 0.3 is 6.41 Å². The average Bonchev–Trinajstić information content (AvgIpc) is 2.14. The fourth-order valence-electron chi connectivity index (χ4n) is 0.488. The first-order valence-corrected chi connectivity index (χ1v) is 2.32. The van der Waals surface area contributed by atoms with Crippen LogP contribution < -0.4 is 4.73 Å². The summed E-state index contributed by atoms with van der Waals surface area (Å²) in [4.78, 5) is 0. The first-order valence-electron chi connectivity index (χ1n) is 2.32. The van der Waals surface area contributed by atoms with Gasteiger partial charge < -0.3 is 15.4 Å². The summed E-state index contributed by atoms with van der Waals surface area (Å²) in [6.45, 7) is 0. The molecule has 0 aliphatic heterocycles. The average molecular weight is 130 g/mol. The van der Waals surface area contributed by atoms with E-state index in [2.05, 4.69) is 0 Å². The molecule has 0 saturated carbocycles. The number of hydrogen-bond donors (Lipinski definition) is 2. The lowest BCUT2D eigenvalue weighted by Gasteiger charge is -1.95. The van der Waals surface area contributed by atoms with Crippen molar-refractivity contribution in [2.45, 2.75) is 6.41 Å². The number of aromatic nitrogens is 2. The van der Waals surface area contributed by atoms with E-state index >= 15 is 0 Å². The SMILES string of the molecule is [O-][n+]1ccn(C(O)O)c1. The molecule has 5 nitrogen and oxygen atoms in total. The van der Waals surface area contributed by atoms with Crippen LogP contribution in [0.15, 0.2) is 18.7 Å². The maximum absolute atomic E-state index is 10.3. The van der Waals surface area contributed by atoms with Gasteiger partial charge in [-0.25, -0.2) is 4.73 Å². The number of aliphatic hydroxyl groups is 2. The molecule has 0 radical (unpaired) electrons. The van der Waals surface area contributed by atoms with Gasteiger partial charge in [0.1, 0.15) is 12.4 Å². The highest BCUT2D eigenvalue weighted by Gasteiger charge is 2.04. The van der Waals surface area contributed by atoms with Crippen molar-refractivity contribution in [2.24, 2.45) is 0 Å². The topological polar surface area (TPSA) is 72.3 Å². The molecule has 50 valence electrons. The van der Waals surface area contributed by atoms with E-state index in [0.717, 1.165) is 10.9 Å². The third-order valence-electron chi connectivity index (χ3n) is 0.900. The van der Waals surface area contributed by atoms with Crippen LogP contribution in [-0.2, 0) is 0 Å². The van der Waals surface area contributed by atoms with Gasteiger partial charge in [0.2, 0.25) is 0 Å². The molecule has 0 saturated heterocycles. The van der Waals surface area contributed by atoms with E-state index in [1.165, 1.54) is 12.4 Å². The Kier molecular flexibility index (Phi) is 1.37. The van der Waals surface area contributed by atoms with Crippen molar-refractivity contribution >= 4 is 0 Å². The van der Waals surface area contributed by atoms with Crippen LogP contribution in [0.25, 0.3) is 0 Å². The monoisotopic (exact) mass is 130 g/mol. The van der Waals surface area contributed by atoms with Crippen LogP contribution in [-0.4, -0.2) is 14.8 Å². The predicted molar refractivity (Wildman–Crippen MR) is 26.9 cm³/mol. The van der Waals surface area contributed by atoms with Gasteiger partial charge in [-0.15, -0.1) is 0 Å². The minimum absolute atomic E-state index is 0.472. The maximum Gasteiger partial charge on any atom is 0.311 e. The Labute approximate surface area is 51.0 Å². The fraction of sp³-hybridized carbons (Fsp3) is 0.250. The summed E-state index contributed by atoms with van der Waals surface area (Å²) in [6, 6.07) is 0. The van der Waals surface area contributed by atoms with Gasteiger partial charge in [-0.2, -0.15) is 4.57 Å². The summed E-state index contributed by atoms with van der Waals surface area (Å²) in [7, 11) is 0. The van der Waals surface area contributed by atoms with Crippen LogP contribution in [0.5, 0.6) is 0 Å². The van der Waals surface area contributed by atoms with Crippen molar-refractivity contribution in [3.63, 3.8) is 0 Å². The van der Waals surface area contributed by atoms with E-state index in [1.807, 2.05) is 0 Å². The standard InChI is InChI=1S/C4H6N2O3/c7-4(8)5-1-2-6(9)3-5/h1-4,7-8H. The molecule has 0 aliphatic rings. The van der Waals surface area contributed by atoms with Gasteiger partial charge in [-0.3, -0.25) is 0 Å². The van der Waals surface area contributed by atoms with Gasteiger partial charge in [0.25, 0.3) is 6.33 Å². The van der Waals surface area contributed by atoms with E-state index in [1.54, 1.807) is 0 Å². The van der Waals surface area contributed by atoms with Crippen LogP contribution in [0, 0.1) is 5.21 Å². The van der Waals surface area contributed by atoms with Crippen molar-refractivity contribution in [3.05, 3.63) is 23.9 Å². The van der Waals surface area contributed by atoms with Crippen LogP contribution >= 0.6 is 0 Å². The van der Waals surface area contributed by atoms with Crippen LogP contribution in [0.1, 0.15) is 6.41 Å². The highest BCUT2D eigenvalue weighted by Crippen LogP contribution is 1.91. The van der Waals surface area contributed by atoms with E-state index in [4.69, 9.17) is 10.2 Å². The highest BCUT2D eigenvalue weighted by molar-refractivity contribution is 4.65. The Bertz CT molecular complexity index is 195. The second kappa shape index (κ2) is 2.04. The lowest BCUT2D eigenvalue weighted by molar-refractivity contribution is -0.605. The van der Waals surface area contributed by atoms with Crippen LogP contribution in [0.2, 0.25) is 0 Å². The molecule has 0 fully saturated rings. The van der Waals surface area contributed by atoms with Crippen molar-refractivity contribution in [2.75, 3.05) is 0 Å². The maximum atomic E-state index is 10.3. The zero-order valence-corrected chi connectivity index (χ0v) is 4.51. The number of imidazole rings is 1. The molecule has 1 heterocycles. The molecule has 0 amide bonds. The molecule has 2 N–H and O–H groups in total. The zero-order chi connectivity index (χ0) is 6.85. The number of aliphatic hydroxyl groups excluding tert-OH is 1. The zero-order valence-electron chi connectivity index (χ0n) is 4.51. The minimum atomic E-state index is -1.62. The lowest BCUT2D eigenvalue weighted by atomic mass is 10.9. The summed E-state index contributed by atoms with van der Waals surface area (Å²) in [5.74, 6) is 0. The number of hydrogen-bond acceptors (Lipinski definition) is 3. The van der Waals surface area contributed by atoms with Gasteiger partial charge in [0.05, 0.1) is 0 Å². The van der Waals surface area contributed by atoms with E-state index in [0.29, 0.717) is 4.73 Å².